The van der Waals surface area contributed by atoms with E-state index in [0.717, 1.165) is 24.8 Å². The normalized spacial score (nSPS) is 10.2. The van der Waals surface area contributed by atoms with Crippen LogP contribution in [0, 0.1) is 0 Å². The van der Waals surface area contributed by atoms with Crippen LogP contribution in [-0.2, 0) is 11.2 Å². The Balaban J connectivity index is 2.28. The molecular formula is C13H18O2. The lowest BCUT2D eigenvalue weighted by Crippen LogP contribution is -1.97. The highest BCUT2D eigenvalue weighted by Gasteiger charge is 2.00. The van der Waals surface area contributed by atoms with Crippen LogP contribution in [-0.4, -0.2) is 10.9 Å². The van der Waals surface area contributed by atoms with E-state index in [-0.39, 0.29) is 0 Å². The molecule has 0 atom stereocenters. The summed E-state index contributed by atoms with van der Waals surface area (Å²) >= 11 is 0. The van der Waals surface area contributed by atoms with Gasteiger partial charge in [-0.05, 0) is 37.0 Å². The van der Waals surface area contributed by atoms with Gasteiger partial charge in [-0.3, -0.25) is 4.79 Å². The number of phenols is 1. The predicted octanol–water partition coefficient (Wildman–Crippen LogP) is 3.08. The summed E-state index contributed by atoms with van der Waals surface area (Å²) in [6.07, 6.45) is 4.03. The van der Waals surface area contributed by atoms with Gasteiger partial charge in [0.2, 0.25) is 0 Å². The zero-order valence-corrected chi connectivity index (χ0v) is 9.20. The average Bonchev–Trinajstić information content (AvgIpc) is 2.18. The van der Waals surface area contributed by atoms with Crippen LogP contribution in [0.15, 0.2) is 24.3 Å². The molecule has 0 spiro atoms. The third-order valence-corrected chi connectivity index (χ3v) is 2.36. The van der Waals surface area contributed by atoms with Gasteiger partial charge in [0.1, 0.15) is 11.5 Å². The van der Waals surface area contributed by atoms with Gasteiger partial charge in [0.15, 0.2) is 0 Å². The Bertz CT molecular complexity index is 318. The second kappa shape index (κ2) is 6.23. The van der Waals surface area contributed by atoms with E-state index >= 15 is 0 Å². The Morgan fingerprint density at radius 1 is 1.33 bits per heavy atom. The van der Waals surface area contributed by atoms with Crippen LogP contribution in [0.4, 0.5) is 0 Å². The number of aryl methyl sites for hydroxylation is 1. The van der Waals surface area contributed by atoms with Gasteiger partial charge in [-0.15, -0.1) is 0 Å². The van der Waals surface area contributed by atoms with Gasteiger partial charge in [0.05, 0.1) is 0 Å². The largest absolute Gasteiger partial charge is 0.508 e. The lowest BCUT2D eigenvalue weighted by Gasteiger charge is -2.01. The lowest BCUT2D eigenvalue weighted by atomic mass is 10.0. The number of carbonyl (C=O) groups is 1. The first-order valence-electron chi connectivity index (χ1n) is 5.52. The summed E-state index contributed by atoms with van der Waals surface area (Å²) in [7, 11) is 0. The van der Waals surface area contributed by atoms with Crippen molar-refractivity contribution in [2.24, 2.45) is 0 Å². The molecule has 0 radical (unpaired) electrons. The molecule has 1 N–H and O–H groups in total. The third-order valence-electron chi connectivity index (χ3n) is 2.36. The molecule has 0 aromatic heterocycles. The second-order valence-corrected chi connectivity index (χ2v) is 3.81. The molecule has 1 aromatic rings. The Morgan fingerprint density at radius 3 is 2.80 bits per heavy atom. The van der Waals surface area contributed by atoms with E-state index in [0.29, 0.717) is 24.4 Å². The quantitative estimate of drug-likeness (QED) is 0.776. The minimum atomic E-state index is 0.299. The molecule has 0 amide bonds. The highest BCUT2D eigenvalue weighted by molar-refractivity contribution is 5.78. The predicted molar refractivity (Wildman–Crippen MR) is 61.0 cm³/mol. The molecule has 0 aliphatic heterocycles. The topological polar surface area (TPSA) is 37.3 Å². The maximum Gasteiger partial charge on any atom is 0.132 e. The van der Waals surface area contributed by atoms with E-state index in [1.54, 1.807) is 12.1 Å². The van der Waals surface area contributed by atoms with Gasteiger partial charge in [-0.2, -0.15) is 0 Å². The lowest BCUT2D eigenvalue weighted by molar-refractivity contribution is -0.119. The summed E-state index contributed by atoms with van der Waals surface area (Å²) in [5, 5.41) is 9.24. The maximum absolute atomic E-state index is 11.3. The Kier molecular flexibility index (Phi) is 4.88. The fourth-order valence-electron chi connectivity index (χ4n) is 1.61. The molecule has 2 nitrogen and oxygen atoms in total. The van der Waals surface area contributed by atoms with Crippen molar-refractivity contribution in [3.05, 3.63) is 29.8 Å². The fraction of sp³-hybridized carbons (Fsp3) is 0.462. The van der Waals surface area contributed by atoms with Crippen molar-refractivity contribution in [2.75, 3.05) is 0 Å². The monoisotopic (exact) mass is 206 g/mol. The van der Waals surface area contributed by atoms with Crippen molar-refractivity contribution in [2.45, 2.75) is 39.0 Å². The second-order valence-electron chi connectivity index (χ2n) is 3.81. The van der Waals surface area contributed by atoms with Crippen LogP contribution in [0.2, 0.25) is 0 Å². The smallest absolute Gasteiger partial charge is 0.132 e. The van der Waals surface area contributed by atoms with Crippen molar-refractivity contribution in [3.8, 4) is 5.75 Å². The SMILES string of the molecule is CCCC(=O)CCCc1cccc(O)c1. The van der Waals surface area contributed by atoms with Crippen LogP contribution in [0.3, 0.4) is 0 Å². The van der Waals surface area contributed by atoms with E-state index in [9.17, 15) is 9.90 Å². The molecule has 0 aliphatic rings. The maximum atomic E-state index is 11.3. The van der Waals surface area contributed by atoms with Crippen molar-refractivity contribution < 1.29 is 9.90 Å². The summed E-state index contributed by atoms with van der Waals surface area (Å²) in [4.78, 5) is 11.3. The summed E-state index contributed by atoms with van der Waals surface area (Å²) in [5.74, 6) is 0.644. The summed E-state index contributed by atoms with van der Waals surface area (Å²) in [6, 6.07) is 7.22. The van der Waals surface area contributed by atoms with Crippen molar-refractivity contribution in [1.29, 1.82) is 0 Å². The molecule has 0 saturated carbocycles. The highest BCUT2D eigenvalue weighted by Crippen LogP contribution is 2.13. The van der Waals surface area contributed by atoms with E-state index in [1.807, 2.05) is 19.1 Å². The number of aromatic hydroxyl groups is 1. The fourth-order valence-corrected chi connectivity index (χ4v) is 1.61. The molecule has 82 valence electrons. The van der Waals surface area contributed by atoms with Crippen LogP contribution in [0.25, 0.3) is 0 Å². The van der Waals surface area contributed by atoms with Crippen LogP contribution in [0.1, 0.15) is 38.2 Å². The number of Topliss-reactive ketones (excluding diaryl/α,β-unsaturated/α-hetero) is 1. The molecule has 0 saturated heterocycles. The van der Waals surface area contributed by atoms with E-state index in [1.165, 1.54) is 0 Å². The molecule has 2 heteroatoms. The molecular weight excluding hydrogens is 188 g/mol. The molecule has 0 bridgehead atoms. The number of rotatable bonds is 6. The van der Waals surface area contributed by atoms with Crippen LogP contribution < -0.4 is 0 Å². The molecule has 0 aliphatic carbocycles. The van der Waals surface area contributed by atoms with Gasteiger partial charge < -0.3 is 5.11 Å². The average molecular weight is 206 g/mol. The number of carbonyl (C=O) groups excluding carboxylic acids is 1. The van der Waals surface area contributed by atoms with Crippen molar-refractivity contribution in [3.63, 3.8) is 0 Å². The Morgan fingerprint density at radius 2 is 2.13 bits per heavy atom. The number of benzene rings is 1. The molecule has 15 heavy (non-hydrogen) atoms. The third kappa shape index (κ3) is 4.63. The highest BCUT2D eigenvalue weighted by atomic mass is 16.3. The minimum Gasteiger partial charge on any atom is -0.508 e. The standard InChI is InChI=1S/C13H18O2/c1-2-5-12(14)8-3-6-11-7-4-9-13(15)10-11/h4,7,9-10,15H,2-3,5-6,8H2,1H3. The number of phenolic OH excluding ortho intramolecular Hbond substituents is 1. The number of hydrogen-bond donors (Lipinski definition) is 1. The van der Waals surface area contributed by atoms with Crippen LogP contribution >= 0.6 is 0 Å². The summed E-state index contributed by atoms with van der Waals surface area (Å²) < 4.78 is 0. The van der Waals surface area contributed by atoms with E-state index in [2.05, 4.69) is 0 Å². The zero-order chi connectivity index (χ0) is 11.1. The first-order valence-corrected chi connectivity index (χ1v) is 5.52. The van der Waals surface area contributed by atoms with E-state index in [4.69, 9.17) is 0 Å². The Hall–Kier alpha value is -1.31. The molecule has 1 aromatic carbocycles. The van der Waals surface area contributed by atoms with Gasteiger partial charge >= 0.3 is 0 Å². The molecule has 1 rings (SSSR count). The number of hydrogen-bond acceptors (Lipinski definition) is 2. The van der Waals surface area contributed by atoms with Gasteiger partial charge in [-0.25, -0.2) is 0 Å². The first-order chi connectivity index (χ1) is 7.22. The Labute approximate surface area is 90.9 Å². The summed E-state index contributed by atoms with van der Waals surface area (Å²) in [5.41, 5.74) is 1.10. The molecule has 0 fully saturated rings. The zero-order valence-electron chi connectivity index (χ0n) is 9.20. The number of ketones is 1. The van der Waals surface area contributed by atoms with Crippen molar-refractivity contribution in [1.82, 2.24) is 0 Å². The van der Waals surface area contributed by atoms with Gasteiger partial charge in [0.25, 0.3) is 0 Å². The van der Waals surface area contributed by atoms with Gasteiger partial charge in [-0.1, -0.05) is 19.1 Å². The molecule has 0 unspecified atom stereocenters. The van der Waals surface area contributed by atoms with E-state index < -0.39 is 0 Å². The summed E-state index contributed by atoms with van der Waals surface area (Å²) in [6.45, 7) is 2.02. The first kappa shape index (κ1) is 11.8. The van der Waals surface area contributed by atoms with Crippen molar-refractivity contribution >= 4 is 5.78 Å². The van der Waals surface area contributed by atoms with Crippen LogP contribution in [0.5, 0.6) is 5.75 Å². The van der Waals surface area contributed by atoms with Gasteiger partial charge in [0, 0.05) is 12.8 Å². The molecule has 0 heterocycles. The minimum absolute atomic E-state index is 0.299.